The Bertz CT molecular complexity index is 504. The molecule has 0 aliphatic carbocycles. The first-order chi connectivity index (χ1) is 9.19. The monoisotopic (exact) mass is 259 g/mol. The first-order valence-corrected chi connectivity index (χ1v) is 6.78. The van der Waals surface area contributed by atoms with Crippen molar-refractivity contribution in [2.45, 2.75) is 39.7 Å². The number of hydrogen-bond acceptors (Lipinski definition) is 4. The largest absolute Gasteiger partial charge is 0.339 e. The van der Waals surface area contributed by atoms with Crippen LogP contribution in [0.1, 0.15) is 42.2 Å². The number of hydrogen-bond donors (Lipinski definition) is 1. The molecular weight excluding hydrogens is 238 g/mol. The van der Waals surface area contributed by atoms with E-state index in [4.69, 9.17) is 4.52 Å². The van der Waals surface area contributed by atoms with Crippen molar-refractivity contribution in [2.24, 2.45) is 0 Å². The number of aryl methyl sites for hydroxylation is 2. The predicted molar refractivity (Wildman–Crippen MR) is 75.0 cm³/mol. The molecule has 1 aromatic heterocycles. The highest BCUT2D eigenvalue weighted by Crippen LogP contribution is 2.16. The molecule has 102 valence electrons. The second-order valence-electron chi connectivity index (χ2n) is 4.81. The Balaban J connectivity index is 1.87. The third kappa shape index (κ3) is 3.89. The summed E-state index contributed by atoms with van der Waals surface area (Å²) < 4.78 is 5.10. The van der Waals surface area contributed by atoms with Crippen molar-refractivity contribution in [3.8, 4) is 0 Å². The van der Waals surface area contributed by atoms with Crippen LogP contribution in [0.25, 0.3) is 0 Å². The van der Waals surface area contributed by atoms with Crippen molar-refractivity contribution in [3.05, 3.63) is 47.1 Å². The Labute approximate surface area is 114 Å². The molecule has 0 saturated heterocycles. The number of rotatable bonds is 6. The van der Waals surface area contributed by atoms with Crippen molar-refractivity contribution in [3.63, 3.8) is 0 Å². The summed E-state index contributed by atoms with van der Waals surface area (Å²) >= 11 is 0. The second kappa shape index (κ2) is 6.48. The topological polar surface area (TPSA) is 51.0 Å². The van der Waals surface area contributed by atoms with Gasteiger partial charge >= 0.3 is 0 Å². The van der Waals surface area contributed by atoms with E-state index in [1.807, 2.05) is 6.92 Å². The van der Waals surface area contributed by atoms with Gasteiger partial charge in [-0.2, -0.15) is 4.98 Å². The van der Waals surface area contributed by atoms with Crippen molar-refractivity contribution in [1.82, 2.24) is 15.5 Å². The highest BCUT2D eigenvalue weighted by molar-refractivity contribution is 5.24. The summed E-state index contributed by atoms with van der Waals surface area (Å²) in [4.78, 5) is 4.20. The van der Waals surface area contributed by atoms with Crippen molar-refractivity contribution < 1.29 is 4.52 Å². The molecule has 4 heteroatoms. The molecule has 0 radical (unpaired) electrons. The predicted octanol–water partition coefficient (Wildman–Crippen LogP) is 2.97. The van der Waals surface area contributed by atoms with Gasteiger partial charge in [-0.3, -0.25) is 0 Å². The van der Waals surface area contributed by atoms with E-state index in [-0.39, 0.29) is 0 Å². The Morgan fingerprint density at radius 2 is 1.95 bits per heavy atom. The second-order valence-corrected chi connectivity index (χ2v) is 4.81. The minimum Gasteiger partial charge on any atom is -0.339 e. The van der Waals surface area contributed by atoms with Gasteiger partial charge in [-0.1, -0.05) is 41.9 Å². The minimum absolute atomic E-state index is 0.379. The average Bonchev–Trinajstić information content (AvgIpc) is 2.82. The molecular formula is C15H21N3O. The van der Waals surface area contributed by atoms with E-state index in [1.54, 1.807) is 0 Å². The standard InChI is InChI=1S/C15H21N3O/c1-4-14(13-7-5-11(2)6-8-13)16-10-9-15-17-12(3)18-19-15/h5-8,14,16H,4,9-10H2,1-3H3. The van der Waals surface area contributed by atoms with Gasteiger partial charge in [-0.15, -0.1) is 0 Å². The molecule has 0 spiro atoms. The number of benzene rings is 1. The van der Waals surface area contributed by atoms with Crippen LogP contribution in [0.2, 0.25) is 0 Å². The molecule has 1 aromatic carbocycles. The number of aromatic nitrogens is 2. The first-order valence-electron chi connectivity index (χ1n) is 6.78. The van der Waals surface area contributed by atoms with Gasteiger partial charge in [0.2, 0.25) is 5.89 Å². The first kappa shape index (κ1) is 13.7. The van der Waals surface area contributed by atoms with E-state index in [1.165, 1.54) is 11.1 Å². The lowest BCUT2D eigenvalue weighted by Gasteiger charge is -2.17. The van der Waals surface area contributed by atoms with E-state index < -0.39 is 0 Å². The fraction of sp³-hybridized carbons (Fsp3) is 0.467. The van der Waals surface area contributed by atoms with Crippen molar-refractivity contribution >= 4 is 0 Å². The molecule has 0 aliphatic heterocycles. The van der Waals surface area contributed by atoms with Gasteiger partial charge in [0, 0.05) is 19.0 Å². The zero-order valence-corrected chi connectivity index (χ0v) is 11.8. The smallest absolute Gasteiger partial charge is 0.227 e. The normalized spacial score (nSPS) is 12.6. The zero-order valence-electron chi connectivity index (χ0n) is 11.8. The van der Waals surface area contributed by atoms with Gasteiger partial charge in [0.1, 0.15) is 0 Å². The van der Waals surface area contributed by atoms with Gasteiger partial charge in [-0.25, -0.2) is 0 Å². The molecule has 1 unspecified atom stereocenters. The van der Waals surface area contributed by atoms with Crippen LogP contribution in [0.4, 0.5) is 0 Å². The zero-order chi connectivity index (χ0) is 13.7. The van der Waals surface area contributed by atoms with Gasteiger partial charge in [-0.05, 0) is 25.8 Å². The van der Waals surface area contributed by atoms with Crippen molar-refractivity contribution in [2.75, 3.05) is 6.54 Å². The molecule has 0 bridgehead atoms. The molecule has 1 atom stereocenters. The van der Waals surface area contributed by atoms with Crippen LogP contribution in [-0.4, -0.2) is 16.7 Å². The molecule has 2 rings (SSSR count). The molecule has 1 N–H and O–H groups in total. The van der Waals surface area contributed by atoms with Gasteiger partial charge in [0.05, 0.1) is 0 Å². The third-order valence-corrected chi connectivity index (χ3v) is 3.19. The van der Waals surface area contributed by atoms with Crippen LogP contribution in [0.3, 0.4) is 0 Å². The maximum atomic E-state index is 5.10. The van der Waals surface area contributed by atoms with Crippen LogP contribution in [0.5, 0.6) is 0 Å². The Kier molecular flexibility index (Phi) is 4.68. The summed E-state index contributed by atoms with van der Waals surface area (Å²) in [7, 11) is 0. The van der Waals surface area contributed by atoms with E-state index in [2.05, 4.69) is 53.6 Å². The van der Waals surface area contributed by atoms with Crippen LogP contribution < -0.4 is 5.32 Å². The van der Waals surface area contributed by atoms with E-state index in [0.717, 1.165) is 19.4 Å². The molecule has 4 nitrogen and oxygen atoms in total. The number of nitrogens with zero attached hydrogens (tertiary/aromatic N) is 2. The fourth-order valence-electron chi connectivity index (χ4n) is 2.09. The molecule has 0 aliphatic rings. The fourth-order valence-corrected chi connectivity index (χ4v) is 2.09. The quantitative estimate of drug-likeness (QED) is 0.866. The summed E-state index contributed by atoms with van der Waals surface area (Å²) in [6.07, 6.45) is 1.83. The summed E-state index contributed by atoms with van der Waals surface area (Å²) in [5.41, 5.74) is 2.62. The maximum Gasteiger partial charge on any atom is 0.227 e. The third-order valence-electron chi connectivity index (χ3n) is 3.19. The number of nitrogens with one attached hydrogen (secondary N) is 1. The lowest BCUT2D eigenvalue weighted by Crippen LogP contribution is -2.23. The molecule has 0 amide bonds. The Morgan fingerprint density at radius 3 is 2.53 bits per heavy atom. The van der Waals surface area contributed by atoms with E-state index in [9.17, 15) is 0 Å². The summed E-state index contributed by atoms with van der Waals surface area (Å²) in [5.74, 6) is 1.39. The summed E-state index contributed by atoms with van der Waals surface area (Å²) in [6, 6.07) is 9.06. The molecule has 0 saturated carbocycles. The molecule has 1 heterocycles. The van der Waals surface area contributed by atoms with Gasteiger partial charge in [0.25, 0.3) is 0 Å². The lowest BCUT2D eigenvalue weighted by molar-refractivity contribution is 0.368. The van der Waals surface area contributed by atoms with Crippen molar-refractivity contribution in [1.29, 1.82) is 0 Å². The van der Waals surface area contributed by atoms with Gasteiger partial charge < -0.3 is 9.84 Å². The van der Waals surface area contributed by atoms with Crippen LogP contribution in [0, 0.1) is 13.8 Å². The molecule has 19 heavy (non-hydrogen) atoms. The summed E-state index contributed by atoms with van der Waals surface area (Å²) in [5, 5.41) is 7.32. The highest BCUT2D eigenvalue weighted by atomic mass is 16.5. The molecule has 0 fully saturated rings. The van der Waals surface area contributed by atoms with Crippen LogP contribution in [0.15, 0.2) is 28.8 Å². The SMILES string of the molecule is CCC(NCCc1nc(C)no1)c1ccc(C)cc1. The lowest BCUT2D eigenvalue weighted by atomic mass is 10.0. The van der Waals surface area contributed by atoms with E-state index >= 15 is 0 Å². The minimum atomic E-state index is 0.379. The Hall–Kier alpha value is -1.68. The summed E-state index contributed by atoms with van der Waals surface area (Å²) in [6.45, 7) is 6.97. The maximum absolute atomic E-state index is 5.10. The average molecular weight is 259 g/mol. The van der Waals surface area contributed by atoms with E-state index in [0.29, 0.717) is 17.8 Å². The van der Waals surface area contributed by atoms with Crippen LogP contribution >= 0.6 is 0 Å². The molecule has 2 aromatic rings. The highest BCUT2D eigenvalue weighted by Gasteiger charge is 2.09. The Morgan fingerprint density at radius 1 is 1.21 bits per heavy atom. The van der Waals surface area contributed by atoms with Gasteiger partial charge in [0.15, 0.2) is 5.82 Å². The van der Waals surface area contributed by atoms with Crippen LogP contribution in [-0.2, 0) is 6.42 Å².